The van der Waals surface area contributed by atoms with Crippen molar-refractivity contribution in [2.45, 2.75) is 29.0 Å². The SMILES string of the molecule is Cc1cc(SCC2=C(C(=O)O)N3C(=O)C[C@@H]3SC2NC(=O)C(=NO)c2csc(N)n2)cc(=O)o1. The predicted molar refractivity (Wildman–Crippen MR) is 125 cm³/mol. The molecule has 5 N–H and O–H groups in total. The van der Waals surface area contributed by atoms with Crippen LogP contribution in [0.1, 0.15) is 17.9 Å². The number of carboxylic acids is 1. The van der Waals surface area contributed by atoms with Crippen molar-refractivity contribution in [2.75, 3.05) is 11.5 Å². The van der Waals surface area contributed by atoms with E-state index < -0.39 is 28.2 Å². The predicted octanol–water partition coefficient (Wildman–Crippen LogP) is 1.04. The van der Waals surface area contributed by atoms with Crippen LogP contribution in [0.25, 0.3) is 0 Å². The van der Waals surface area contributed by atoms with Crippen molar-refractivity contribution in [3.63, 3.8) is 0 Å². The second-order valence-corrected chi connectivity index (χ2v) is 10.3. The Labute approximate surface area is 203 Å². The maximum absolute atomic E-state index is 12.9. The van der Waals surface area contributed by atoms with Crippen LogP contribution in [0.2, 0.25) is 0 Å². The number of nitrogens with zero attached hydrogens (tertiary/aromatic N) is 3. The molecule has 0 aliphatic carbocycles. The summed E-state index contributed by atoms with van der Waals surface area (Å²) >= 11 is 3.41. The van der Waals surface area contributed by atoms with Gasteiger partial charge >= 0.3 is 11.6 Å². The number of β-lactam (4-membered cyclic amide) rings is 1. The number of anilines is 1. The molecular formula is C19H17N5O7S3. The number of thiazole rings is 1. The molecule has 34 heavy (non-hydrogen) atoms. The van der Waals surface area contributed by atoms with Crippen LogP contribution in [0.4, 0.5) is 5.13 Å². The van der Waals surface area contributed by atoms with Gasteiger partial charge in [0.2, 0.25) is 5.91 Å². The Morgan fingerprint density at radius 3 is 2.76 bits per heavy atom. The summed E-state index contributed by atoms with van der Waals surface area (Å²) in [7, 11) is 0. The number of aliphatic carboxylic acids is 1. The Bertz CT molecular complexity index is 1300. The molecule has 0 saturated carbocycles. The van der Waals surface area contributed by atoms with E-state index in [2.05, 4.69) is 15.5 Å². The number of amides is 2. The third-order valence-corrected chi connectivity index (χ3v) is 7.93. The number of aromatic nitrogens is 1. The summed E-state index contributed by atoms with van der Waals surface area (Å²) in [4.78, 5) is 54.5. The Morgan fingerprint density at radius 1 is 1.41 bits per heavy atom. The quantitative estimate of drug-likeness (QED) is 0.133. The van der Waals surface area contributed by atoms with Crippen molar-refractivity contribution in [2.24, 2.45) is 5.16 Å². The van der Waals surface area contributed by atoms with Crippen molar-refractivity contribution in [3.8, 4) is 0 Å². The van der Waals surface area contributed by atoms with E-state index in [0.717, 1.165) is 23.1 Å². The first-order valence-corrected chi connectivity index (χ1v) is 12.4. The Hall–Kier alpha value is -3.30. The second-order valence-electron chi connectivity index (χ2n) is 7.12. The smallest absolute Gasteiger partial charge is 0.352 e. The molecule has 1 unspecified atom stereocenters. The molecule has 0 radical (unpaired) electrons. The lowest BCUT2D eigenvalue weighted by Gasteiger charge is -2.46. The average molecular weight is 524 g/mol. The maximum Gasteiger partial charge on any atom is 0.352 e. The van der Waals surface area contributed by atoms with E-state index in [9.17, 15) is 29.5 Å². The number of rotatable bonds is 7. The first kappa shape index (κ1) is 23.8. The molecule has 2 aromatic rings. The monoisotopic (exact) mass is 523 g/mol. The summed E-state index contributed by atoms with van der Waals surface area (Å²) in [5.74, 6) is -2.02. The summed E-state index contributed by atoms with van der Waals surface area (Å²) < 4.78 is 4.94. The maximum atomic E-state index is 12.9. The van der Waals surface area contributed by atoms with E-state index >= 15 is 0 Å². The highest BCUT2D eigenvalue weighted by Crippen LogP contribution is 2.44. The summed E-state index contributed by atoms with van der Waals surface area (Å²) in [6, 6.07) is 2.89. The van der Waals surface area contributed by atoms with Gasteiger partial charge in [0, 0.05) is 27.7 Å². The molecule has 2 atom stereocenters. The number of oxime groups is 1. The lowest BCUT2D eigenvalue weighted by molar-refractivity contribution is -0.146. The third kappa shape index (κ3) is 4.67. The number of carbonyl (C=O) groups is 3. The first-order chi connectivity index (χ1) is 16.2. The summed E-state index contributed by atoms with van der Waals surface area (Å²) in [6.45, 7) is 1.61. The van der Waals surface area contributed by atoms with E-state index in [4.69, 9.17) is 10.2 Å². The normalized spacial score (nSPS) is 20.1. The van der Waals surface area contributed by atoms with Crippen molar-refractivity contribution in [1.29, 1.82) is 0 Å². The number of nitrogens with one attached hydrogen (secondary N) is 1. The molecule has 4 rings (SSSR count). The van der Waals surface area contributed by atoms with Crippen LogP contribution in [0, 0.1) is 6.92 Å². The van der Waals surface area contributed by atoms with Crippen molar-refractivity contribution in [3.05, 3.63) is 50.7 Å². The van der Waals surface area contributed by atoms with Gasteiger partial charge in [-0.15, -0.1) is 34.9 Å². The Balaban J connectivity index is 1.65. The fourth-order valence-electron chi connectivity index (χ4n) is 3.41. The van der Waals surface area contributed by atoms with Gasteiger partial charge in [0.1, 0.15) is 22.5 Å². The lowest BCUT2D eigenvalue weighted by atomic mass is 10.1. The molecule has 2 aromatic heterocycles. The van der Waals surface area contributed by atoms with E-state index in [0.29, 0.717) is 10.7 Å². The van der Waals surface area contributed by atoms with Crippen LogP contribution in [0.3, 0.4) is 0 Å². The van der Waals surface area contributed by atoms with E-state index in [1.54, 1.807) is 13.0 Å². The van der Waals surface area contributed by atoms with Crippen LogP contribution in [0.5, 0.6) is 0 Å². The second kappa shape index (κ2) is 9.52. The topological polar surface area (TPSA) is 188 Å². The molecule has 1 fully saturated rings. The fourth-order valence-corrected chi connectivity index (χ4v) is 6.55. The van der Waals surface area contributed by atoms with Gasteiger partial charge in [0.05, 0.1) is 11.8 Å². The van der Waals surface area contributed by atoms with E-state index in [-0.39, 0.29) is 45.9 Å². The number of aryl methyl sites for hydroxylation is 1. The highest BCUT2D eigenvalue weighted by atomic mass is 32.2. The van der Waals surface area contributed by atoms with Crippen LogP contribution in [0.15, 0.2) is 48.0 Å². The molecule has 12 nitrogen and oxygen atoms in total. The molecular weight excluding hydrogens is 506 g/mol. The molecule has 15 heteroatoms. The molecule has 2 aliphatic heterocycles. The van der Waals surface area contributed by atoms with Crippen LogP contribution in [-0.4, -0.2) is 60.2 Å². The van der Waals surface area contributed by atoms with Gasteiger partial charge < -0.3 is 25.8 Å². The highest BCUT2D eigenvalue weighted by molar-refractivity contribution is 8.01. The highest BCUT2D eigenvalue weighted by Gasteiger charge is 2.49. The Kier molecular flexibility index (Phi) is 6.67. The van der Waals surface area contributed by atoms with E-state index in [1.165, 1.54) is 28.1 Å². The van der Waals surface area contributed by atoms with E-state index in [1.807, 2.05) is 0 Å². The average Bonchev–Trinajstić information content (AvgIpc) is 3.17. The van der Waals surface area contributed by atoms with Gasteiger partial charge in [-0.25, -0.2) is 14.6 Å². The molecule has 0 spiro atoms. The van der Waals surface area contributed by atoms with Crippen LogP contribution < -0.4 is 16.7 Å². The molecule has 178 valence electrons. The molecule has 0 bridgehead atoms. The van der Waals surface area contributed by atoms with Gasteiger partial charge in [0.15, 0.2) is 10.8 Å². The van der Waals surface area contributed by atoms with Gasteiger partial charge in [-0.05, 0) is 13.0 Å². The van der Waals surface area contributed by atoms with Crippen molar-refractivity contribution < 1.29 is 29.1 Å². The minimum absolute atomic E-state index is 0.0498. The zero-order valence-corrected chi connectivity index (χ0v) is 19.8. The van der Waals surface area contributed by atoms with Crippen LogP contribution in [-0.2, 0) is 14.4 Å². The molecule has 1 saturated heterocycles. The van der Waals surface area contributed by atoms with Gasteiger partial charge in [-0.2, -0.15) is 0 Å². The molecule has 0 aromatic carbocycles. The molecule has 2 aliphatic rings. The number of fused-ring (bicyclic) bond motifs is 1. The largest absolute Gasteiger partial charge is 0.477 e. The molecule has 4 heterocycles. The number of carbonyl (C=O) groups excluding carboxylic acids is 2. The van der Waals surface area contributed by atoms with Crippen molar-refractivity contribution >= 4 is 63.5 Å². The fraction of sp³-hybridized carbons (Fsp3) is 0.263. The Morgan fingerprint density at radius 2 is 2.18 bits per heavy atom. The van der Waals surface area contributed by atoms with Gasteiger partial charge in [-0.1, -0.05) is 5.16 Å². The van der Waals surface area contributed by atoms with Gasteiger partial charge in [-0.3, -0.25) is 14.5 Å². The number of thioether (sulfide) groups is 2. The number of carboxylic acid groups (broad SMARTS) is 1. The minimum atomic E-state index is -1.32. The zero-order valence-electron chi connectivity index (χ0n) is 17.4. The summed E-state index contributed by atoms with van der Waals surface area (Å²) in [5.41, 5.74) is 4.74. The summed E-state index contributed by atoms with van der Waals surface area (Å²) in [6.07, 6.45) is 0.122. The van der Waals surface area contributed by atoms with Crippen molar-refractivity contribution in [1.82, 2.24) is 15.2 Å². The standard InChI is InChI=1S/C19H17N5O7S3/c1-7-2-8(3-13(26)31-7)32-5-9-15(18(28)29)24-11(25)4-12(24)34-17(9)22-16(27)14(23-30)10-6-33-19(20)21-10/h2-3,6,12,17,30H,4-5H2,1H3,(H2,20,21)(H,22,27)(H,28,29)/t12-,17?/m0/s1. The zero-order chi connectivity index (χ0) is 24.6. The number of nitrogens with two attached hydrogens (primary N) is 1. The summed E-state index contributed by atoms with van der Waals surface area (Å²) in [5, 5.41) is 25.3. The minimum Gasteiger partial charge on any atom is -0.477 e. The molecule has 2 amide bonds. The number of hydrogen-bond donors (Lipinski definition) is 4. The van der Waals surface area contributed by atoms with Gasteiger partial charge in [0.25, 0.3) is 5.91 Å². The number of hydrogen-bond acceptors (Lipinski definition) is 12. The number of nitrogen functional groups attached to an aromatic ring is 1. The van der Waals surface area contributed by atoms with Crippen LogP contribution >= 0.6 is 34.9 Å². The first-order valence-electron chi connectivity index (χ1n) is 9.60. The third-order valence-electron chi connectivity index (χ3n) is 4.87. The lowest BCUT2D eigenvalue weighted by Crippen LogP contribution is -2.58.